The maximum absolute atomic E-state index is 11.2. The second-order valence-electron chi connectivity index (χ2n) is 5.64. The first kappa shape index (κ1) is 15.2. The van der Waals surface area contributed by atoms with E-state index in [2.05, 4.69) is 6.92 Å². The summed E-state index contributed by atoms with van der Waals surface area (Å²) in [6, 6.07) is 7.71. The third-order valence-electron chi connectivity index (χ3n) is 4.27. The monoisotopic (exact) mass is 295 g/mol. The lowest BCUT2D eigenvalue weighted by Crippen LogP contribution is -2.42. The lowest BCUT2D eigenvalue weighted by molar-refractivity contribution is -0.135. The lowest BCUT2D eigenvalue weighted by atomic mass is 9.84. The highest BCUT2D eigenvalue weighted by Crippen LogP contribution is 2.31. The summed E-state index contributed by atoms with van der Waals surface area (Å²) < 4.78 is 0. The molecular formula is C16H22ClNO2. The summed E-state index contributed by atoms with van der Waals surface area (Å²) in [5.41, 5.74) is 0.901. The Morgan fingerprint density at radius 3 is 2.70 bits per heavy atom. The topological polar surface area (TPSA) is 40.5 Å². The van der Waals surface area contributed by atoms with Gasteiger partial charge in [-0.05, 0) is 43.9 Å². The van der Waals surface area contributed by atoms with Crippen LogP contribution in [0.4, 0.5) is 5.69 Å². The van der Waals surface area contributed by atoms with Crippen LogP contribution in [0.2, 0.25) is 5.02 Å². The lowest BCUT2D eigenvalue weighted by Gasteiger charge is -2.37. The number of carboxylic acids is 1. The van der Waals surface area contributed by atoms with E-state index in [1.807, 2.05) is 29.2 Å². The molecule has 1 aromatic rings. The molecule has 1 aromatic carbocycles. The van der Waals surface area contributed by atoms with Crippen LogP contribution in [0, 0.1) is 5.92 Å². The highest BCUT2D eigenvalue weighted by atomic mass is 35.5. The molecule has 110 valence electrons. The number of nitrogens with zero attached hydrogens (tertiary/aromatic N) is 1. The van der Waals surface area contributed by atoms with Gasteiger partial charge < -0.3 is 10.0 Å². The summed E-state index contributed by atoms with van der Waals surface area (Å²) in [6.07, 6.45) is 6.20. The summed E-state index contributed by atoms with van der Waals surface area (Å²) >= 11 is 6.04. The Bertz CT molecular complexity index is 458. The average molecular weight is 296 g/mol. The molecule has 0 bridgehead atoms. The van der Waals surface area contributed by atoms with Gasteiger partial charge in [-0.2, -0.15) is 0 Å². The van der Waals surface area contributed by atoms with Crippen LogP contribution in [0.15, 0.2) is 24.3 Å². The standard InChI is InChI=1S/C16H22ClNO2/c1-12(13-6-3-2-4-7-13)18(11-16(19)20)15-9-5-8-14(17)10-15/h5,8-10,12-13H,2-4,6-7,11H2,1H3,(H,19,20). The van der Waals surface area contributed by atoms with Crippen LogP contribution in [0.5, 0.6) is 0 Å². The van der Waals surface area contributed by atoms with Gasteiger partial charge in [-0.25, -0.2) is 0 Å². The molecule has 0 saturated heterocycles. The van der Waals surface area contributed by atoms with Gasteiger partial charge in [-0.15, -0.1) is 0 Å². The number of halogens is 1. The molecular weight excluding hydrogens is 274 g/mol. The number of benzene rings is 1. The number of hydrogen-bond acceptors (Lipinski definition) is 2. The second kappa shape index (κ2) is 6.98. The Hall–Kier alpha value is -1.22. The van der Waals surface area contributed by atoms with E-state index in [0.29, 0.717) is 10.9 Å². The zero-order valence-electron chi connectivity index (χ0n) is 11.9. The highest BCUT2D eigenvalue weighted by molar-refractivity contribution is 6.30. The molecule has 1 aliphatic rings. The summed E-state index contributed by atoms with van der Waals surface area (Å²) in [5.74, 6) is -0.227. The van der Waals surface area contributed by atoms with Gasteiger partial charge in [-0.3, -0.25) is 4.79 Å². The Morgan fingerprint density at radius 2 is 2.10 bits per heavy atom. The summed E-state index contributed by atoms with van der Waals surface area (Å²) in [6.45, 7) is 2.16. The van der Waals surface area contributed by atoms with E-state index in [0.717, 1.165) is 5.69 Å². The third-order valence-corrected chi connectivity index (χ3v) is 4.50. The Morgan fingerprint density at radius 1 is 1.40 bits per heavy atom. The van der Waals surface area contributed by atoms with Crippen molar-refractivity contribution < 1.29 is 9.90 Å². The molecule has 3 nitrogen and oxygen atoms in total. The van der Waals surface area contributed by atoms with Crippen LogP contribution in [0.3, 0.4) is 0 Å². The molecule has 0 aromatic heterocycles. The number of anilines is 1. The highest BCUT2D eigenvalue weighted by Gasteiger charge is 2.26. The zero-order valence-corrected chi connectivity index (χ0v) is 12.6. The molecule has 0 aliphatic heterocycles. The molecule has 1 fully saturated rings. The molecule has 0 amide bonds. The Kier molecular flexibility index (Phi) is 5.30. The van der Waals surface area contributed by atoms with E-state index in [4.69, 9.17) is 11.6 Å². The van der Waals surface area contributed by atoms with Crippen molar-refractivity contribution in [1.29, 1.82) is 0 Å². The zero-order chi connectivity index (χ0) is 14.5. The maximum Gasteiger partial charge on any atom is 0.323 e. The van der Waals surface area contributed by atoms with Gasteiger partial charge in [0.25, 0.3) is 0 Å². The van der Waals surface area contributed by atoms with Crippen molar-refractivity contribution in [2.24, 2.45) is 5.92 Å². The van der Waals surface area contributed by atoms with Crippen LogP contribution >= 0.6 is 11.6 Å². The summed E-state index contributed by atoms with van der Waals surface area (Å²) in [7, 11) is 0. The van der Waals surface area contributed by atoms with Crippen molar-refractivity contribution >= 4 is 23.3 Å². The first-order valence-corrected chi connectivity index (χ1v) is 7.69. The van der Waals surface area contributed by atoms with Gasteiger partial charge in [0.2, 0.25) is 0 Å². The van der Waals surface area contributed by atoms with Crippen molar-refractivity contribution in [2.45, 2.75) is 45.1 Å². The number of hydrogen-bond donors (Lipinski definition) is 1. The SMILES string of the molecule is CC(C1CCCCC1)N(CC(=O)O)c1cccc(Cl)c1. The smallest absolute Gasteiger partial charge is 0.323 e. The van der Waals surface area contributed by atoms with E-state index in [1.165, 1.54) is 32.1 Å². The molecule has 1 N–H and O–H groups in total. The molecule has 1 saturated carbocycles. The van der Waals surface area contributed by atoms with Crippen molar-refractivity contribution in [3.8, 4) is 0 Å². The predicted octanol–water partition coefficient (Wildman–Crippen LogP) is 4.20. The minimum absolute atomic E-state index is 0.0258. The summed E-state index contributed by atoms with van der Waals surface area (Å²) in [4.78, 5) is 13.2. The van der Waals surface area contributed by atoms with Gasteiger partial charge in [-0.1, -0.05) is 36.9 Å². The van der Waals surface area contributed by atoms with Gasteiger partial charge in [0.15, 0.2) is 0 Å². The summed E-state index contributed by atoms with van der Waals surface area (Å²) in [5, 5.41) is 9.83. The van der Waals surface area contributed by atoms with Crippen LogP contribution in [0.25, 0.3) is 0 Å². The van der Waals surface area contributed by atoms with E-state index in [-0.39, 0.29) is 12.6 Å². The fraction of sp³-hybridized carbons (Fsp3) is 0.562. The van der Waals surface area contributed by atoms with E-state index in [1.54, 1.807) is 0 Å². The largest absolute Gasteiger partial charge is 0.480 e. The van der Waals surface area contributed by atoms with Crippen molar-refractivity contribution in [1.82, 2.24) is 0 Å². The van der Waals surface area contributed by atoms with Crippen LogP contribution in [0.1, 0.15) is 39.0 Å². The molecule has 1 atom stereocenters. The first-order chi connectivity index (χ1) is 9.58. The molecule has 0 spiro atoms. The molecule has 0 radical (unpaired) electrons. The predicted molar refractivity (Wildman–Crippen MR) is 82.5 cm³/mol. The van der Waals surface area contributed by atoms with Gasteiger partial charge in [0.05, 0.1) is 0 Å². The first-order valence-electron chi connectivity index (χ1n) is 7.32. The normalized spacial score (nSPS) is 17.7. The Labute approximate surface area is 125 Å². The van der Waals surface area contributed by atoms with Gasteiger partial charge in [0, 0.05) is 16.8 Å². The number of carbonyl (C=O) groups is 1. The molecule has 20 heavy (non-hydrogen) atoms. The molecule has 1 unspecified atom stereocenters. The maximum atomic E-state index is 11.2. The molecule has 4 heteroatoms. The number of aliphatic carboxylic acids is 1. The Balaban J connectivity index is 2.19. The van der Waals surface area contributed by atoms with Crippen molar-refractivity contribution in [3.63, 3.8) is 0 Å². The minimum atomic E-state index is -0.798. The van der Waals surface area contributed by atoms with Crippen LogP contribution < -0.4 is 4.90 Å². The van der Waals surface area contributed by atoms with Crippen LogP contribution in [-0.2, 0) is 4.79 Å². The third kappa shape index (κ3) is 3.89. The van der Waals surface area contributed by atoms with E-state index in [9.17, 15) is 9.90 Å². The molecule has 0 heterocycles. The van der Waals surface area contributed by atoms with E-state index < -0.39 is 5.97 Å². The van der Waals surface area contributed by atoms with Gasteiger partial charge >= 0.3 is 5.97 Å². The minimum Gasteiger partial charge on any atom is -0.480 e. The van der Waals surface area contributed by atoms with Crippen molar-refractivity contribution in [2.75, 3.05) is 11.4 Å². The van der Waals surface area contributed by atoms with E-state index >= 15 is 0 Å². The molecule has 1 aliphatic carbocycles. The van der Waals surface area contributed by atoms with Gasteiger partial charge in [0.1, 0.15) is 6.54 Å². The quantitative estimate of drug-likeness (QED) is 0.885. The second-order valence-corrected chi connectivity index (χ2v) is 6.08. The number of rotatable bonds is 5. The molecule has 2 rings (SSSR count). The number of carboxylic acid groups (broad SMARTS) is 1. The average Bonchev–Trinajstić information content (AvgIpc) is 2.45. The fourth-order valence-corrected chi connectivity index (χ4v) is 3.33. The fourth-order valence-electron chi connectivity index (χ4n) is 3.14. The van der Waals surface area contributed by atoms with Crippen LogP contribution in [-0.4, -0.2) is 23.7 Å². The van der Waals surface area contributed by atoms with Crippen molar-refractivity contribution in [3.05, 3.63) is 29.3 Å².